The van der Waals surface area contributed by atoms with Gasteiger partial charge in [-0.05, 0) is 57.0 Å². The molecule has 1 aliphatic heterocycles. The summed E-state index contributed by atoms with van der Waals surface area (Å²) in [7, 11) is 0. The van der Waals surface area contributed by atoms with Crippen molar-refractivity contribution in [3.63, 3.8) is 0 Å². The minimum atomic E-state index is 0.0534. The predicted octanol–water partition coefficient (Wildman–Crippen LogP) is 5.16. The van der Waals surface area contributed by atoms with Crippen molar-refractivity contribution in [1.82, 2.24) is 24.3 Å². The van der Waals surface area contributed by atoms with Crippen molar-refractivity contribution >= 4 is 16.9 Å². The maximum absolute atomic E-state index is 12.8. The molecule has 186 valence electrons. The van der Waals surface area contributed by atoms with E-state index in [2.05, 4.69) is 48.1 Å². The predicted molar refractivity (Wildman–Crippen MR) is 143 cm³/mol. The second-order valence-electron chi connectivity index (χ2n) is 9.59. The first kappa shape index (κ1) is 25.1. The number of pyridine rings is 1. The summed E-state index contributed by atoms with van der Waals surface area (Å²) in [5, 5.41) is 0. The largest absolute Gasteiger partial charge is 0.377 e. The van der Waals surface area contributed by atoms with Gasteiger partial charge in [-0.3, -0.25) is 4.79 Å². The summed E-state index contributed by atoms with van der Waals surface area (Å²) in [4.78, 5) is 27.2. The third-order valence-electron chi connectivity index (χ3n) is 7.26. The Morgan fingerprint density at radius 2 is 1.74 bits per heavy atom. The first-order valence-corrected chi connectivity index (χ1v) is 13.1. The number of benzene rings is 1. The second-order valence-corrected chi connectivity index (χ2v) is 9.59. The van der Waals surface area contributed by atoms with Crippen molar-refractivity contribution in [3.8, 4) is 0 Å². The third-order valence-corrected chi connectivity index (χ3v) is 7.26. The number of likely N-dealkylation sites (tertiary alicyclic amines) is 1. The van der Waals surface area contributed by atoms with E-state index >= 15 is 0 Å². The maximum atomic E-state index is 12.8. The fourth-order valence-electron chi connectivity index (χ4n) is 5.25. The third kappa shape index (κ3) is 5.64. The number of nitrogens with zero attached hydrogens (tertiary/aromatic N) is 5. The molecule has 0 aliphatic carbocycles. The van der Waals surface area contributed by atoms with Crippen LogP contribution in [0.4, 0.5) is 0 Å². The molecule has 0 atom stereocenters. The van der Waals surface area contributed by atoms with Gasteiger partial charge in [-0.2, -0.15) is 0 Å². The molecule has 0 amide bonds. The first-order valence-electron chi connectivity index (χ1n) is 13.1. The molecule has 0 unspecified atom stereocenters. The van der Waals surface area contributed by atoms with E-state index in [9.17, 15) is 4.79 Å². The normalized spacial score (nSPS) is 15.1. The van der Waals surface area contributed by atoms with Gasteiger partial charge in [0.2, 0.25) is 0 Å². The highest BCUT2D eigenvalue weighted by Gasteiger charge is 2.21. The Hall–Kier alpha value is -2.99. The molecule has 0 N–H and O–H groups in total. The summed E-state index contributed by atoms with van der Waals surface area (Å²) >= 11 is 0. The van der Waals surface area contributed by atoms with Crippen LogP contribution in [0.5, 0.6) is 0 Å². The fourth-order valence-corrected chi connectivity index (χ4v) is 5.25. The van der Waals surface area contributed by atoms with E-state index < -0.39 is 0 Å². The van der Waals surface area contributed by atoms with Crippen LogP contribution in [0, 0.1) is 13.8 Å². The van der Waals surface area contributed by atoms with E-state index in [4.69, 9.17) is 9.97 Å². The number of rotatable bonds is 9. The van der Waals surface area contributed by atoms with E-state index in [1.165, 1.54) is 0 Å². The minimum Gasteiger partial charge on any atom is -0.377 e. The lowest BCUT2D eigenvalue weighted by Crippen LogP contribution is -2.43. The van der Waals surface area contributed by atoms with Gasteiger partial charge < -0.3 is 14.4 Å². The molecular weight excluding hydrogens is 434 g/mol. The van der Waals surface area contributed by atoms with E-state index in [1.54, 1.807) is 6.08 Å². The topological polar surface area (TPSA) is 54.3 Å². The van der Waals surface area contributed by atoms with Crippen LogP contribution >= 0.6 is 0 Å². The highest BCUT2D eigenvalue weighted by atomic mass is 16.1. The van der Waals surface area contributed by atoms with Gasteiger partial charge in [-0.15, -0.1) is 0 Å². The Morgan fingerprint density at radius 1 is 1.06 bits per heavy atom. The van der Waals surface area contributed by atoms with E-state index in [0.717, 1.165) is 84.8 Å². The molecule has 6 nitrogen and oxygen atoms in total. The highest BCUT2D eigenvalue weighted by Crippen LogP contribution is 2.21. The van der Waals surface area contributed by atoms with E-state index in [1.807, 2.05) is 37.4 Å². The van der Waals surface area contributed by atoms with Crippen molar-refractivity contribution in [1.29, 1.82) is 0 Å². The van der Waals surface area contributed by atoms with Crippen LogP contribution in [0.2, 0.25) is 0 Å². The summed E-state index contributed by atoms with van der Waals surface area (Å²) in [5.74, 6) is 1.09. The zero-order chi connectivity index (χ0) is 24.9. The second kappa shape index (κ2) is 11.2. The molecule has 35 heavy (non-hydrogen) atoms. The maximum Gasteiger partial charge on any atom is 0.187 e. The monoisotopic (exact) mass is 473 g/mol. The molecule has 6 heteroatoms. The number of hydrogen-bond acceptors (Lipinski definition) is 5. The molecule has 0 radical (unpaired) electrons. The molecule has 2 aromatic heterocycles. The Morgan fingerprint density at radius 3 is 2.37 bits per heavy atom. The summed E-state index contributed by atoms with van der Waals surface area (Å²) in [6, 6.07) is 10.7. The number of allylic oxidation sites excluding steroid dienone is 1. The number of piperidine rings is 1. The van der Waals surface area contributed by atoms with E-state index in [-0.39, 0.29) is 5.78 Å². The summed E-state index contributed by atoms with van der Waals surface area (Å²) in [6.45, 7) is 15.6. The van der Waals surface area contributed by atoms with Gasteiger partial charge in [-0.1, -0.05) is 45.0 Å². The molecule has 0 bridgehead atoms. The summed E-state index contributed by atoms with van der Waals surface area (Å²) in [6.07, 6.45) is 6.87. The SMILES string of the molecule is CCc1nc2c(C)cc(C)nc2n1Cc1ccc(C(=O)C=CN2CCC(N(CC)CC)CC2)cc1. The minimum absolute atomic E-state index is 0.0534. The quantitative estimate of drug-likeness (QED) is 0.317. The average Bonchev–Trinajstić information content (AvgIpc) is 3.22. The average molecular weight is 474 g/mol. The number of ketones is 1. The number of hydrogen-bond donors (Lipinski definition) is 0. The lowest BCUT2D eigenvalue weighted by Gasteiger charge is -2.37. The summed E-state index contributed by atoms with van der Waals surface area (Å²) < 4.78 is 2.20. The first-order chi connectivity index (χ1) is 16.9. The lowest BCUT2D eigenvalue weighted by atomic mass is 10.0. The number of carbonyl (C=O) groups is 1. The van der Waals surface area contributed by atoms with Crippen LogP contribution in [0.3, 0.4) is 0 Å². The zero-order valence-electron chi connectivity index (χ0n) is 21.9. The van der Waals surface area contributed by atoms with Gasteiger partial charge in [-0.25, -0.2) is 9.97 Å². The van der Waals surface area contributed by atoms with Crippen molar-refractivity contribution in [2.45, 2.75) is 66.5 Å². The number of aryl methyl sites for hydroxylation is 3. The van der Waals surface area contributed by atoms with E-state index in [0.29, 0.717) is 12.6 Å². The molecule has 0 spiro atoms. The molecule has 1 aliphatic rings. The Bertz CT molecular complexity index is 1180. The van der Waals surface area contributed by atoms with Gasteiger partial charge in [0.1, 0.15) is 11.3 Å². The number of aromatic nitrogens is 3. The van der Waals surface area contributed by atoms with Gasteiger partial charge in [0.15, 0.2) is 11.4 Å². The molecule has 3 heterocycles. The highest BCUT2D eigenvalue weighted by molar-refractivity contribution is 6.04. The zero-order valence-corrected chi connectivity index (χ0v) is 21.9. The van der Waals surface area contributed by atoms with Crippen LogP contribution < -0.4 is 0 Å². The van der Waals surface area contributed by atoms with Crippen LogP contribution in [-0.4, -0.2) is 62.3 Å². The van der Waals surface area contributed by atoms with Crippen LogP contribution in [0.1, 0.15) is 66.6 Å². The van der Waals surface area contributed by atoms with Crippen molar-refractivity contribution in [2.24, 2.45) is 0 Å². The lowest BCUT2D eigenvalue weighted by molar-refractivity contribution is 0.104. The van der Waals surface area contributed by atoms with Gasteiger partial charge >= 0.3 is 0 Å². The molecular formula is C29H39N5O. The van der Waals surface area contributed by atoms with Crippen molar-refractivity contribution in [3.05, 3.63) is 70.8 Å². The number of fused-ring (bicyclic) bond motifs is 1. The smallest absolute Gasteiger partial charge is 0.187 e. The Labute approximate surface area is 209 Å². The number of carbonyl (C=O) groups excluding carboxylic acids is 1. The molecule has 4 rings (SSSR count). The fraction of sp³-hybridized carbons (Fsp3) is 0.483. The molecule has 1 fully saturated rings. The molecule has 1 aromatic carbocycles. The Balaban J connectivity index is 1.40. The standard InChI is InChI=1S/C29H39N5O/c1-6-27-31-28-21(4)19-22(5)30-29(28)34(27)20-23-9-11-24(12-10-23)26(35)15-18-32-16-13-25(14-17-32)33(7-2)8-3/h9-12,15,18-19,25H,6-8,13-14,16-17,20H2,1-5H3. The van der Waals surface area contributed by atoms with Gasteiger partial charge in [0.25, 0.3) is 0 Å². The van der Waals surface area contributed by atoms with Gasteiger partial charge in [0.05, 0.1) is 6.54 Å². The summed E-state index contributed by atoms with van der Waals surface area (Å²) in [5.41, 5.74) is 5.94. The van der Waals surface area contributed by atoms with Crippen LogP contribution in [0.15, 0.2) is 42.6 Å². The Kier molecular flexibility index (Phi) is 8.01. The molecule has 0 saturated carbocycles. The van der Waals surface area contributed by atoms with Crippen LogP contribution in [0.25, 0.3) is 11.2 Å². The molecule has 1 saturated heterocycles. The van der Waals surface area contributed by atoms with Crippen LogP contribution in [-0.2, 0) is 13.0 Å². The molecule has 3 aromatic rings. The van der Waals surface area contributed by atoms with Gasteiger partial charge in [0, 0.05) is 49.1 Å². The number of imidazole rings is 1. The van der Waals surface area contributed by atoms with Crippen molar-refractivity contribution in [2.75, 3.05) is 26.2 Å². The van der Waals surface area contributed by atoms with Crippen molar-refractivity contribution < 1.29 is 4.79 Å².